The zero-order chi connectivity index (χ0) is 22.8. The molecule has 0 radical (unpaired) electrons. The summed E-state index contributed by atoms with van der Waals surface area (Å²) >= 11 is 0. The maximum absolute atomic E-state index is 12.4. The van der Waals surface area contributed by atoms with Gasteiger partial charge >= 0.3 is 5.63 Å². The Bertz CT molecular complexity index is 1230. The van der Waals surface area contributed by atoms with E-state index in [-0.39, 0.29) is 17.8 Å². The number of benzene rings is 2. The van der Waals surface area contributed by atoms with E-state index in [9.17, 15) is 4.79 Å². The zero-order valence-corrected chi connectivity index (χ0v) is 18.6. The summed E-state index contributed by atoms with van der Waals surface area (Å²) in [5.41, 5.74) is 1.02. The average Bonchev–Trinajstić information content (AvgIpc) is 2.84. The molecule has 33 heavy (non-hydrogen) atoms. The van der Waals surface area contributed by atoms with Gasteiger partial charge in [0.25, 0.3) is 0 Å². The Kier molecular flexibility index (Phi) is 5.65. The Hall–Kier alpha value is -3.57. The molecule has 2 aromatic carbocycles. The van der Waals surface area contributed by atoms with E-state index < -0.39 is 11.2 Å². The maximum Gasteiger partial charge on any atom is 0.339 e. The van der Waals surface area contributed by atoms with E-state index in [0.717, 1.165) is 16.9 Å². The lowest BCUT2D eigenvalue weighted by Gasteiger charge is -2.60. The minimum absolute atomic E-state index is 0.00613. The summed E-state index contributed by atoms with van der Waals surface area (Å²) in [6, 6.07) is 23.5. The predicted octanol–water partition coefficient (Wildman–Crippen LogP) is 5.16. The molecule has 0 amide bonds. The van der Waals surface area contributed by atoms with Crippen LogP contribution in [0.1, 0.15) is 28.7 Å². The van der Waals surface area contributed by atoms with Crippen molar-refractivity contribution in [3.8, 4) is 5.75 Å². The van der Waals surface area contributed by atoms with E-state index in [4.69, 9.17) is 18.6 Å². The quantitative estimate of drug-likeness (QED) is 0.528. The van der Waals surface area contributed by atoms with Gasteiger partial charge in [-0.3, -0.25) is 0 Å². The fraction of sp³-hybridized carbons (Fsp3) is 0.250. The van der Waals surface area contributed by atoms with Crippen LogP contribution < -0.4 is 10.4 Å². The van der Waals surface area contributed by atoms with Crippen LogP contribution in [0.5, 0.6) is 5.75 Å². The molecule has 1 aliphatic heterocycles. The molecule has 5 rings (SSSR count). The molecule has 5 heteroatoms. The van der Waals surface area contributed by atoms with Crippen LogP contribution in [0.3, 0.4) is 0 Å². The Labute approximate surface area is 192 Å². The second-order valence-electron chi connectivity index (χ2n) is 8.33. The molecule has 1 fully saturated rings. The molecule has 2 heterocycles. The summed E-state index contributed by atoms with van der Waals surface area (Å²) in [5.74, 6) is 1.57. The molecule has 1 aromatic heterocycles. The van der Waals surface area contributed by atoms with Crippen molar-refractivity contribution in [1.82, 2.24) is 0 Å². The van der Waals surface area contributed by atoms with Crippen LogP contribution in [-0.2, 0) is 9.47 Å². The molecule has 1 saturated carbocycles. The highest BCUT2D eigenvalue weighted by Gasteiger charge is 2.66. The van der Waals surface area contributed by atoms with Crippen LogP contribution in [0.2, 0.25) is 0 Å². The summed E-state index contributed by atoms with van der Waals surface area (Å²) in [5, 5.41) is 0. The van der Waals surface area contributed by atoms with Crippen molar-refractivity contribution in [2.75, 3.05) is 20.8 Å². The number of hydrogen-bond donors (Lipinski definition) is 0. The molecule has 0 unspecified atom stereocenters. The number of hydrogen-bond acceptors (Lipinski definition) is 5. The zero-order valence-electron chi connectivity index (χ0n) is 18.6. The van der Waals surface area contributed by atoms with Gasteiger partial charge in [0.2, 0.25) is 0 Å². The lowest BCUT2D eigenvalue weighted by atomic mass is 9.49. The van der Waals surface area contributed by atoms with Crippen LogP contribution in [0.4, 0.5) is 0 Å². The fourth-order valence-corrected chi connectivity index (χ4v) is 5.26. The number of rotatable bonds is 6. The van der Waals surface area contributed by atoms with Gasteiger partial charge in [0.05, 0.1) is 38.7 Å². The summed E-state index contributed by atoms with van der Waals surface area (Å²) in [4.78, 5) is 12.4. The first-order chi connectivity index (χ1) is 16.2. The molecule has 0 N–H and O–H groups in total. The normalized spacial score (nSPS) is 26.2. The van der Waals surface area contributed by atoms with Gasteiger partial charge in [0, 0.05) is 12.0 Å². The monoisotopic (exact) mass is 442 g/mol. The summed E-state index contributed by atoms with van der Waals surface area (Å²) in [6.07, 6.45) is 6.16. The molecule has 4 atom stereocenters. The summed E-state index contributed by atoms with van der Waals surface area (Å²) in [7, 11) is 3.24. The Morgan fingerprint density at radius 3 is 2.36 bits per heavy atom. The van der Waals surface area contributed by atoms with Crippen LogP contribution in [0.25, 0.3) is 6.08 Å². The van der Waals surface area contributed by atoms with Gasteiger partial charge in [0.15, 0.2) is 0 Å². The molecule has 0 bridgehead atoms. The van der Waals surface area contributed by atoms with E-state index in [1.165, 1.54) is 6.07 Å². The van der Waals surface area contributed by atoms with Gasteiger partial charge < -0.3 is 18.6 Å². The highest BCUT2D eigenvalue weighted by molar-refractivity contribution is 5.55. The molecule has 0 saturated heterocycles. The molecular weight excluding hydrogens is 416 g/mol. The minimum Gasteiger partial charge on any atom is -0.501 e. The van der Waals surface area contributed by atoms with Crippen molar-refractivity contribution in [2.45, 2.75) is 17.4 Å². The van der Waals surface area contributed by atoms with Crippen molar-refractivity contribution in [2.24, 2.45) is 5.92 Å². The number of ether oxygens (including phenoxy) is 3. The van der Waals surface area contributed by atoms with Gasteiger partial charge in [-0.05, 0) is 17.2 Å². The standard InChI is InChI=1S/C28H26O5/c1-30-21-17-23(33-24(29)18-21)27-25(20-11-7-4-8-12-20)26-22(31-2)14-16-32-28(26,27)15-13-19-9-5-3-6-10-19/h3-15,17-18,25-27H,16H2,1-2H3/b15-13+/t25-,26-,27+,28-/m1/s1. The van der Waals surface area contributed by atoms with Crippen molar-refractivity contribution in [3.05, 3.63) is 118 Å². The van der Waals surface area contributed by atoms with Crippen molar-refractivity contribution in [1.29, 1.82) is 0 Å². The first kappa shape index (κ1) is 21.3. The van der Waals surface area contributed by atoms with Crippen molar-refractivity contribution in [3.63, 3.8) is 0 Å². The van der Waals surface area contributed by atoms with Crippen LogP contribution >= 0.6 is 0 Å². The van der Waals surface area contributed by atoms with Gasteiger partial charge in [-0.1, -0.05) is 72.8 Å². The Morgan fingerprint density at radius 2 is 1.67 bits per heavy atom. The third-order valence-electron chi connectivity index (χ3n) is 6.68. The minimum atomic E-state index is -0.737. The number of methoxy groups -OCH3 is 2. The van der Waals surface area contributed by atoms with Gasteiger partial charge in [-0.2, -0.15) is 0 Å². The lowest BCUT2D eigenvalue weighted by Crippen LogP contribution is -2.62. The van der Waals surface area contributed by atoms with Gasteiger partial charge in [-0.15, -0.1) is 0 Å². The first-order valence-corrected chi connectivity index (χ1v) is 11.0. The van der Waals surface area contributed by atoms with E-state index in [1.54, 1.807) is 20.3 Å². The van der Waals surface area contributed by atoms with Crippen molar-refractivity contribution < 1.29 is 18.6 Å². The predicted molar refractivity (Wildman–Crippen MR) is 126 cm³/mol. The SMILES string of the molecule is COC1=CCO[C@]2(/C=C/c3ccccc3)[C@H]1[C@@H](c1ccccc1)[C@@H]2c1cc(OC)cc(=O)o1. The molecule has 168 valence electrons. The molecular formula is C28H26O5. The second kappa shape index (κ2) is 8.75. The molecule has 5 nitrogen and oxygen atoms in total. The van der Waals surface area contributed by atoms with E-state index in [1.807, 2.05) is 54.6 Å². The van der Waals surface area contributed by atoms with Crippen LogP contribution in [0.15, 0.2) is 99.9 Å². The molecule has 3 aromatic rings. The molecule has 0 spiro atoms. The fourth-order valence-electron chi connectivity index (χ4n) is 5.26. The smallest absolute Gasteiger partial charge is 0.339 e. The van der Waals surface area contributed by atoms with Gasteiger partial charge in [0.1, 0.15) is 22.9 Å². The first-order valence-electron chi connectivity index (χ1n) is 11.0. The van der Waals surface area contributed by atoms with Crippen LogP contribution in [0, 0.1) is 5.92 Å². The topological polar surface area (TPSA) is 57.9 Å². The highest BCUT2D eigenvalue weighted by Crippen LogP contribution is 2.66. The number of fused-ring (bicyclic) bond motifs is 1. The second-order valence-corrected chi connectivity index (χ2v) is 8.33. The van der Waals surface area contributed by atoms with E-state index in [2.05, 4.69) is 24.3 Å². The van der Waals surface area contributed by atoms with Crippen molar-refractivity contribution >= 4 is 6.08 Å². The third-order valence-corrected chi connectivity index (χ3v) is 6.68. The molecule has 1 aliphatic carbocycles. The average molecular weight is 443 g/mol. The van der Waals surface area contributed by atoms with Crippen LogP contribution in [-0.4, -0.2) is 26.4 Å². The third kappa shape index (κ3) is 3.68. The summed E-state index contributed by atoms with van der Waals surface area (Å²) in [6.45, 7) is 0.408. The Balaban J connectivity index is 1.69. The maximum atomic E-state index is 12.4. The van der Waals surface area contributed by atoms with Gasteiger partial charge in [-0.25, -0.2) is 4.79 Å². The largest absolute Gasteiger partial charge is 0.501 e. The Morgan fingerprint density at radius 1 is 0.939 bits per heavy atom. The van der Waals surface area contributed by atoms with E-state index in [0.29, 0.717) is 18.1 Å². The van der Waals surface area contributed by atoms with E-state index >= 15 is 0 Å². The molecule has 2 aliphatic rings. The summed E-state index contributed by atoms with van der Waals surface area (Å²) < 4.78 is 23.5. The highest BCUT2D eigenvalue weighted by atomic mass is 16.5. The lowest BCUT2D eigenvalue weighted by molar-refractivity contribution is -0.152.